The second-order valence-electron chi connectivity index (χ2n) is 6.59. The Labute approximate surface area is 170 Å². The van der Waals surface area contributed by atoms with Gasteiger partial charge in [0.15, 0.2) is 21.3 Å². The van der Waals surface area contributed by atoms with Crippen molar-refractivity contribution in [1.82, 2.24) is 4.31 Å². The molecular weight excluding hydrogens is 421 g/mol. The lowest BCUT2D eigenvalue weighted by Gasteiger charge is -2.20. The fourth-order valence-electron chi connectivity index (χ4n) is 3.38. The number of methoxy groups -OCH3 is 2. The van der Waals surface area contributed by atoms with Crippen LogP contribution in [0.1, 0.15) is 17.2 Å². The Morgan fingerprint density at radius 1 is 1.03 bits per heavy atom. The molecule has 3 rings (SSSR count). The van der Waals surface area contributed by atoms with Crippen LogP contribution in [0.3, 0.4) is 0 Å². The largest absolute Gasteiger partial charge is 0.493 e. The number of hydrogen-bond donors (Lipinski definition) is 0. The minimum atomic E-state index is -3.97. The Hall–Kier alpha value is -2.17. The highest BCUT2D eigenvalue weighted by Gasteiger charge is 2.37. The molecule has 158 valence electrons. The molecule has 0 amide bonds. The first-order chi connectivity index (χ1) is 13.7. The highest BCUT2D eigenvalue weighted by Crippen LogP contribution is 2.34. The number of nitrogens with zero attached hydrogens (tertiary/aromatic N) is 1. The summed E-state index contributed by atoms with van der Waals surface area (Å²) in [4.78, 5) is -0.0307. The van der Waals surface area contributed by atoms with E-state index >= 15 is 0 Å². The van der Waals surface area contributed by atoms with E-state index in [0.29, 0.717) is 5.75 Å². The van der Waals surface area contributed by atoms with E-state index in [-0.39, 0.29) is 35.7 Å². The van der Waals surface area contributed by atoms with Crippen LogP contribution >= 0.6 is 0 Å². The summed E-state index contributed by atoms with van der Waals surface area (Å²) in [6.07, 6.45) is -0.0320. The lowest BCUT2D eigenvalue weighted by Crippen LogP contribution is -2.33. The molecule has 0 radical (unpaired) electrons. The molecule has 10 heteroatoms. The maximum atomic E-state index is 14.2. The highest BCUT2D eigenvalue weighted by atomic mass is 32.2. The van der Waals surface area contributed by atoms with Gasteiger partial charge in [0.05, 0.1) is 30.1 Å². The van der Waals surface area contributed by atoms with E-state index < -0.39 is 36.7 Å². The molecule has 1 heterocycles. The van der Waals surface area contributed by atoms with Crippen LogP contribution < -0.4 is 9.47 Å². The van der Waals surface area contributed by atoms with Gasteiger partial charge in [-0.25, -0.2) is 21.2 Å². The van der Waals surface area contributed by atoms with E-state index in [2.05, 4.69) is 0 Å². The predicted octanol–water partition coefficient (Wildman–Crippen LogP) is 2.39. The SMILES string of the molecule is COc1ccc(S(=O)(=O)N2CCC(c3ccccc3F)S(=O)(=O)CC2)cc1OC. The van der Waals surface area contributed by atoms with E-state index in [4.69, 9.17) is 9.47 Å². The van der Waals surface area contributed by atoms with Gasteiger partial charge in [-0.2, -0.15) is 4.31 Å². The summed E-state index contributed by atoms with van der Waals surface area (Å²) in [5.41, 5.74) is 0.0675. The standard InChI is InChI=1S/C19H22FNO6S2/c1-26-17-8-7-14(13-18(17)27-2)29(24,25)21-10-9-19(28(22,23)12-11-21)15-5-3-4-6-16(15)20/h3-8,13,19H,9-12H2,1-2H3. The summed E-state index contributed by atoms with van der Waals surface area (Å²) in [6, 6.07) is 9.87. The third-order valence-corrected chi connectivity index (χ3v) is 8.95. The molecule has 0 saturated carbocycles. The Balaban J connectivity index is 1.92. The maximum absolute atomic E-state index is 14.2. The average Bonchev–Trinajstić information content (AvgIpc) is 2.86. The fourth-order valence-corrected chi connectivity index (χ4v) is 6.76. The molecule has 1 aliphatic rings. The Morgan fingerprint density at radius 3 is 2.38 bits per heavy atom. The van der Waals surface area contributed by atoms with Crippen molar-refractivity contribution in [2.24, 2.45) is 0 Å². The average molecular weight is 444 g/mol. The summed E-state index contributed by atoms with van der Waals surface area (Å²) in [5, 5.41) is -1.09. The van der Waals surface area contributed by atoms with Crippen LogP contribution in [0.2, 0.25) is 0 Å². The van der Waals surface area contributed by atoms with Crippen LogP contribution in [-0.2, 0) is 19.9 Å². The lowest BCUT2D eigenvalue weighted by atomic mass is 10.1. The fraction of sp³-hybridized carbons (Fsp3) is 0.368. The molecular formula is C19H22FNO6S2. The van der Waals surface area contributed by atoms with Crippen LogP contribution in [0.25, 0.3) is 0 Å². The monoisotopic (exact) mass is 443 g/mol. The van der Waals surface area contributed by atoms with E-state index in [1.54, 1.807) is 6.07 Å². The molecule has 2 aromatic rings. The third kappa shape index (κ3) is 4.24. The number of benzene rings is 2. The van der Waals surface area contributed by atoms with E-state index in [9.17, 15) is 21.2 Å². The van der Waals surface area contributed by atoms with Crippen LogP contribution in [0.15, 0.2) is 47.4 Å². The topological polar surface area (TPSA) is 90.0 Å². The zero-order valence-corrected chi connectivity index (χ0v) is 17.7. The second-order valence-corrected chi connectivity index (χ2v) is 10.8. The van der Waals surface area contributed by atoms with Crippen molar-refractivity contribution in [3.05, 3.63) is 53.8 Å². The van der Waals surface area contributed by atoms with Crippen molar-refractivity contribution in [2.75, 3.05) is 33.1 Å². The van der Waals surface area contributed by atoms with Crippen LogP contribution in [0, 0.1) is 5.82 Å². The molecule has 1 fully saturated rings. The van der Waals surface area contributed by atoms with Crippen molar-refractivity contribution in [3.63, 3.8) is 0 Å². The molecule has 0 aliphatic carbocycles. The second kappa shape index (κ2) is 8.29. The van der Waals surface area contributed by atoms with Crippen LogP contribution in [0.4, 0.5) is 4.39 Å². The summed E-state index contributed by atoms with van der Waals surface area (Å²) in [5.74, 6) is -0.375. The zero-order chi connectivity index (χ0) is 21.2. The van der Waals surface area contributed by atoms with Gasteiger partial charge in [-0.15, -0.1) is 0 Å². The van der Waals surface area contributed by atoms with Crippen LogP contribution in [0.5, 0.6) is 11.5 Å². The number of hydrogen-bond acceptors (Lipinski definition) is 6. The minimum absolute atomic E-state index is 0.0307. The first-order valence-electron chi connectivity index (χ1n) is 8.89. The van der Waals surface area contributed by atoms with E-state index in [1.807, 2.05) is 0 Å². The highest BCUT2D eigenvalue weighted by molar-refractivity contribution is 7.92. The van der Waals surface area contributed by atoms with Crippen molar-refractivity contribution in [1.29, 1.82) is 0 Å². The van der Waals surface area contributed by atoms with Gasteiger partial charge in [0.25, 0.3) is 0 Å². The van der Waals surface area contributed by atoms with Crippen molar-refractivity contribution >= 4 is 19.9 Å². The third-order valence-electron chi connectivity index (χ3n) is 4.94. The summed E-state index contributed by atoms with van der Waals surface area (Å²) < 4.78 is 77.2. The van der Waals surface area contributed by atoms with Gasteiger partial charge in [-0.05, 0) is 24.6 Å². The number of sulfone groups is 1. The Bertz CT molecular complexity index is 1100. The quantitative estimate of drug-likeness (QED) is 0.705. The van der Waals surface area contributed by atoms with E-state index in [0.717, 1.165) is 4.31 Å². The molecule has 1 atom stereocenters. The molecule has 0 N–H and O–H groups in total. The molecule has 29 heavy (non-hydrogen) atoms. The van der Waals surface area contributed by atoms with Gasteiger partial charge < -0.3 is 9.47 Å². The normalized spacial score (nSPS) is 20.0. The van der Waals surface area contributed by atoms with Gasteiger partial charge in [0.1, 0.15) is 5.82 Å². The molecule has 1 saturated heterocycles. The van der Waals surface area contributed by atoms with Crippen molar-refractivity contribution in [2.45, 2.75) is 16.6 Å². The van der Waals surface area contributed by atoms with Crippen molar-refractivity contribution < 1.29 is 30.7 Å². The van der Waals surface area contributed by atoms with Gasteiger partial charge in [-0.3, -0.25) is 0 Å². The summed E-state index contributed by atoms with van der Waals surface area (Å²) in [6.45, 7) is -0.251. The Kier molecular flexibility index (Phi) is 6.16. The Morgan fingerprint density at radius 2 is 1.72 bits per heavy atom. The number of sulfonamides is 1. The molecule has 7 nitrogen and oxygen atoms in total. The van der Waals surface area contributed by atoms with Crippen molar-refractivity contribution in [3.8, 4) is 11.5 Å². The van der Waals surface area contributed by atoms with Gasteiger partial charge in [-0.1, -0.05) is 18.2 Å². The first-order valence-corrected chi connectivity index (χ1v) is 12.0. The minimum Gasteiger partial charge on any atom is -0.493 e. The van der Waals surface area contributed by atoms with Gasteiger partial charge >= 0.3 is 0 Å². The molecule has 0 spiro atoms. The lowest BCUT2D eigenvalue weighted by molar-refractivity contribution is 0.353. The number of ether oxygens (including phenoxy) is 2. The summed E-state index contributed by atoms with van der Waals surface area (Å²) >= 11 is 0. The number of halogens is 1. The number of rotatable bonds is 5. The molecule has 1 aliphatic heterocycles. The summed E-state index contributed by atoms with van der Waals surface area (Å²) in [7, 11) is -4.86. The predicted molar refractivity (Wildman–Crippen MR) is 106 cm³/mol. The first kappa shape index (κ1) is 21.5. The molecule has 1 unspecified atom stereocenters. The zero-order valence-electron chi connectivity index (χ0n) is 16.0. The van der Waals surface area contributed by atoms with E-state index in [1.165, 1.54) is 50.6 Å². The van der Waals surface area contributed by atoms with Gasteiger partial charge in [0, 0.05) is 24.7 Å². The maximum Gasteiger partial charge on any atom is 0.243 e. The van der Waals surface area contributed by atoms with Gasteiger partial charge in [0.2, 0.25) is 10.0 Å². The molecule has 2 aromatic carbocycles. The molecule has 0 aromatic heterocycles. The van der Waals surface area contributed by atoms with Crippen LogP contribution in [-0.4, -0.2) is 54.2 Å². The smallest absolute Gasteiger partial charge is 0.243 e. The molecule has 0 bridgehead atoms.